The van der Waals surface area contributed by atoms with Gasteiger partial charge in [-0.2, -0.15) is 0 Å². The molecule has 5 fully saturated rings. The van der Waals surface area contributed by atoms with Gasteiger partial charge < -0.3 is 14.6 Å². The number of pyridine rings is 1. The van der Waals surface area contributed by atoms with Gasteiger partial charge in [0.1, 0.15) is 5.75 Å². The predicted molar refractivity (Wildman–Crippen MR) is 124 cm³/mol. The van der Waals surface area contributed by atoms with Crippen LogP contribution in [-0.2, 0) is 11.3 Å². The van der Waals surface area contributed by atoms with Gasteiger partial charge in [-0.25, -0.2) is 0 Å². The van der Waals surface area contributed by atoms with Crippen LogP contribution in [0.3, 0.4) is 0 Å². The van der Waals surface area contributed by atoms with Gasteiger partial charge in [0.05, 0.1) is 25.0 Å². The van der Waals surface area contributed by atoms with Crippen LogP contribution < -0.4 is 4.74 Å². The van der Waals surface area contributed by atoms with Gasteiger partial charge in [-0.05, 0) is 104 Å². The first kappa shape index (κ1) is 21.4. The summed E-state index contributed by atoms with van der Waals surface area (Å²) < 4.78 is 12.7. The van der Waals surface area contributed by atoms with Crippen molar-refractivity contribution in [2.45, 2.75) is 91.0 Å². The maximum Gasteiger partial charge on any atom is 0.138 e. The quantitative estimate of drug-likeness (QED) is 0.646. The number of methoxy groups -OCH3 is 1. The summed E-state index contributed by atoms with van der Waals surface area (Å²) in [6, 6.07) is 1.94. The zero-order valence-electron chi connectivity index (χ0n) is 20.3. The van der Waals surface area contributed by atoms with E-state index in [2.05, 4.69) is 25.8 Å². The molecule has 4 heteroatoms. The van der Waals surface area contributed by atoms with Gasteiger partial charge in [0.15, 0.2) is 0 Å². The summed E-state index contributed by atoms with van der Waals surface area (Å²) in [5.41, 5.74) is 2.17. The summed E-state index contributed by atoms with van der Waals surface area (Å²) in [7, 11) is 1.98. The molecular formula is C28H41NO3. The van der Waals surface area contributed by atoms with Crippen molar-refractivity contribution in [2.75, 3.05) is 7.11 Å². The summed E-state index contributed by atoms with van der Waals surface area (Å²) in [6.45, 7) is 7.51. The number of nitrogens with zero attached hydrogens (tertiary/aromatic N) is 1. The van der Waals surface area contributed by atoms with Crippen molar-refractivity contribution < 1.29 is 14.6 Å². The van der Waals surface area contributed by atoms with Crippen LogP contribution in [0, 0.1) is 45.8 Å². The lowest BCUT2D eigenvalue weighted by atomic mass is 9.45. The van der Waals surface area contributed by atoms with Crippen LogP contribution in [0.25, 0.3) is 0 Å². The first-order valence-corrected chi connectivity index (χ1v) is 13.1. The maximum atomic E-state index is 9.46. The topological polar surface area (TPSA) is 51.6 Å². The van der Waals surface area contributed by atoms with E-state index in [0.29, 0.717) is 28.3 Å². The second kappa shape index (κ2) is 7.18. The average Bonchev–Trinajstić information content (AvgIpc) is 3.29. The SMILES string of the molecule is COC1C[C@H]2[C@@H]3CC[C@H](C(C)Oc4cncc(CO)c4)[C@@]3(C)CC[C@@H]2[C@@]2(C)CC[C@@H]3C[C@]132. The van der Waals surface area contributed by atoms with E-state index in [9.17, 15) is 5.11 Å². The Kier molecular flexibility index (Phi) is 4.81. The Hall–Kier alpha value is -1.13. The lowest BCUT2D eigenvalue weighted by Crippen LogP contribution is -2.57. The molecule has 1 aromatic rings. The van der Waals surface area contributed by atoms with E-state index in [4.69, 9.17) is 9.47 Å². The van der Waals surface area contributed by atoms with Crippen molar-refractivity contribution in [3.05, 3.63) is 24.0 Å². The van der Waals surface area contributed by atoms with E-state index in [1.807, 2.05) is 13.2 Å². The first-order valence-electron chi connectivity index (χ1n) is 13.1. The Morgan fingerprint density at radius 1 is 1.12 bits per heavy atom. The molecule has 10 atom stereocenters. The van der Waals surface area contributed by atoms with E-state index in [1.165, 1.54) is 51.4 Å². The number of aliphatic hydroxyl groups excluding tert-OH is 1. The van der Waals surface area contributed by atoms with Crippen molar-refractivity contribution in [3.63, 3.8) is 0 Å². The molecule has 5 aliphatic carbocycles. The molecule has 1 spiro atoms. The first-order chi connectivity index (χ1) is 15.4. The zero-order chi connectivity index (χ0) is 22.3. The predicted octanol–water partition coefficient (Wildman–Crippen LogP) is 5.63. The molecule has 0 saturated heterocycles. The molecule has 32 heavy (non-hydrogen) atoms. The highest BCUT2D eigenvalue weighted by Gasteiger charge is 2.77. The van der Waals surface area contributed by atoms with Crippen molar-refractivity contribution >= 4 is 0 Å². The Morgan fingerprint density at radius 2 is 1.97 bits per heavy atom. The van der Waals surface area contributed by atoms with Crippen molar-refractivity contribution in [2.24, 2.45) is 45.8 Å². The summed E-state index contributed by atoms with van der Waals surface area (Å²) in [5.74, 6) is 4.81. The molecule has 4 nitrogen and oxygen atoms in total. The summed E-state index contributed by atoms with van der Waals surface area (Å²) in [4.78, 5) is 4.26. The van der Waals surface area contributed by atoms with Gasteiger partial charge in [-0.3, -0.25) is 4.98 Å². The fourth-order valence-electron chi connectivity index (χ4n) is 10.3. The third-order valence-corrected chi connectivity index (χ3v) is 11.7. The van der Waals surface area contributed by atoms with Crippen molar-refractivity contribution in [1.29, 1.82) is 0 Å². The minimum Gasteiger partial charge on any atom is -0.489 e. The Morgan fingerprint density at radius 3 is 2.72 bits per heavy atom. The maximum absolute atomic E-state index is 9.46. The number of aliphatic hydroxyl groups is 1. The smallest absolute Gasteiger partial charge is 0.138 e. The molecule has 2 unspecified atom stereocenters. The standard InChI is InChI=1S/C28H41NO3/c1-17(32-20-11-18(16-30)14-29-15-20)22-5-6-23-21-12-25(31-4)28-13-19(28)7-10-27(28,3)24(21)8-9-26(22,23)2/h11,14-15,17,19,21-25,30H,5-10,12-13,16H2,1-4H3/t17?,19-,21+,22-,23+,24+,25?,26-,27-,28-/m1/s1. The van der Waals surface area contributed by atoms with Crippen molar-refractivity contribution in [1.82, 2.24) is 4.98 Å². The van der Waals surface area contributed by atoms with Gasteiger partial charge in [0.2, 0.25) is 0 Å². The molecule has 0 bridgehead atoms. The van der Waals surface area contributed by atoms with Crippen LogP contribution in [0.15, 0.2) is 18.5 Å². The summed E-state index contributed by atoms with van der Waals surface area (Å²) in [6.07, 6.45) is 15.1. The van der Waals surface area contributed by atoms with Crippen LogP contribution in [0.5, 0.6) is 5.75 Å². The number of hydrogen-bond donors (Lipinski definition) is 1. The van der Waals surface area contributed by atoms with Crippen LogP contribution in [-0.4, -0.2) is 29.4 Å². The molecule has 1 heterocycles. The van der Waals surface area contributed by atoms with E-state index in [-0.39, 0.29) is 12.7 Å². The number of rotatable bonds is 5. The van der Waals surface area contributed by atoms with Gasteiger partial charge in [0.25, 0.3) is 0 Å². The van der Waals surface area contributed by atoms with Gasteiger partial charge in [-0.1, -0.05) is 13.8 Å². The van der Waals surface area contributed by atoms with E-state index in [1.54, 1.807) is 12.4 Å². The Labute approximate surface area is 193 Å². The fraction of sp³-hybridized carbons (Fsp3) is 0.821. The third-order valence-electron chi connectivity index (χ3n) is 11.7. The Bertz CT molecular complexity index is 889. The minimum atomic E-state index is 0.00660. The highest BCUT2D eigenvalue weighted by atomic mass is 16.5. The molecule has 1 aromatic heterocycles. The van der Waals surface area contributed by atoms with E-state index >= 15 is 0 Å². The average molecular weight is 440 g/mol. The summed E-state index contributed by atoms with van der Waals surface area (Å²) >= 11 is 0. The number of ether oxygens (including phenoxy) is 2. The normalized spacial score (nSPS) is 49.5. The van der Waals surface area contributed by atoms with E-state index < -0.39 is 0 Å². The second-order valence-corrected chi connectivity index (χ2v) is 12.5. The number of hydrogen-bond acceptors (Lipinski definition) is 4. The molecule has 0 radical (unpaired) electrons. The molecule has 5 saturated carbocycles. The van der Waals surface area contributed by atoms with Gasteiger partial charge >= 0.3 is 0 Å². The Balaban J connectivity index is 1.24. The molecule has 6 rings (SSSR count). The van der Waals surface area contributed by atoms with Crippen LogP contribution in [0.2, 0.25) is 0 Å². The number of fused-ring (bicyclic) bond motifs is 4. The highest BCUT2D eigenvalue weighted by molar-refractivity contribution is 5.26. The van der Waals surface area contributed by atoms with Gasteiger partial charge in [-0.15, -0.1) is 0 Å². The number of aromatic nitrogens is 1. The van der Waals surface area contributed by atoms with E-state index in [0.717, 1.165) is 35.0 Å². The molecule has 5 aliphatic rings. The fourth-order valence-corrected chi connectivity index (χ4v) is 10.3. The molecule has 176 valence electrons. The van der Waals surface area contributed by atoms with Crippen LogP contribution in [0.1, 0.15) is 77.7 Å². The minimum absolute atomic E-state index is 0.00660. The largest absolute Gasteiger partial charge is 0.489 e. The highest BCUT2D eigenvalue weighted by Crippen LogP contribution is 2.82. The lowest BCUT2D eigenvalue weighted by molar-refractivity contribution is -0.162. The van der Waals surface area contributed by atoms with Crippen LogP contribution >= 0.6 is 0 Å². The lowest BCUT2D eigenvalue weighted by Gasteiger charge is -2.61. The molecule has 0 amide bonds. The summed E-state index contributed by atoms with van der Waals surface area (Å²) in [5, 5.41) is 9.46. The second-order valence-electron chi connectivity index (χ2n) is 12.5. The van der Waals surface area contributed by atoms with Crippen molar-refractivity contribution in [3.8, 4) is 5.75 Å². The van der Waals surface area contributed by atoms with Crippen LogP contribution in [0.4, 0.5) is 0 Å². The monoisotopic (exact) mass is 439 g/mol. The molecule has 0 aliphatic heterocycles. The molecule has 0 aromatic carbocycles. The zero-order valence-corrected chi connectivity index (χ0v) is 20.3. The molecule has 1 N–H and O–H groups in total. The molecular weight excluding hydrogens is 398 g/mol. The van der Waals surface area contributed by atoms with Gasteiger partial charge in [0, 0.05) is 24.6 Å². The third kappa shape index (κ3) is 2.66.